The summed E-state index contributed by atoms with van der Waals surface area (Å²) in [5, 5.41) is 3.93. The molecule has 1 saturated heterocycles. The van der Waals surface area contributed by atoms with Crippen LogP contribution in [0.4, 0.5) is 11.5 Å². The van der Waals surface area contributed by atoms with Gasteiger partial charge in [-0.15, -0.1) is 0 Å². The average molecular weight is 463 g/mol. The highest BCUT2D eigenvalue weighted by atomic mass is 32.2. The summed E-state index contributed by atoms with van der Waals surface area (Å²) < 4.78 is 11.2. The summed E-state index contributed by atoms with van der Waals surface area (Å²) in [5.41, 5.74) is 1.97. The highest BCUT2D eigenvalue weighted by Gasteiger charge is 2.27. The summed E-state index contributed by atoms with van der Waals surface area (Å²) in [6, 6.07) is 13.9. The van der Waals surface area contributed by atoms with Crippen LogP contribution in [0.2, 0.25) is 0 Å². The molecular formula is C25H26N4O3S. The van der Waals surface area contributed by atoms with E-state index in [0.29, 0.717) is 19.0 Å². The van der Waals surface area contributed by atoms with Crippen molar-refractivity contribution in [3.8, 4) is 11.5 Å². The normalized spacial score (nSPS) is 15.8. The first kappa shape index (κ1) is 21.6. The number of benzene rings is 2. The number of piperidine rings is 1. The molecule has 3 heterocycles. The van der Waals surface area contributed by atoms with Crippen LogP contribution in [0, 0.1) is 12.8 Å². The van der Waals surface area contributed by atoms with Crippen LogP contribution < -0.4 is 19.7 Å². The second-order valence-corrected chi connectivity index (χ2v) is 9.27. The number of carbonyl (C=O) groups is 1. The molecule has 8 heteroatoms. The van der Waals surface area contributed by atoms with Gasteiger partial charge in [0.15, 0.2) is 17.3 Å². The van der Waals surface area contributed by atoms with Gasteiger partial charge < -0.3 is 19.7 Å². The van der Waals surface area contributed by atoms with Crippen LogP contribution in [0.15, 0.2) is 64.8 Å². The standard InChI is InChI=1S/C25H26N4O3S/c1-17-2-5-20(6-3-17)33-25-23(26-10-11-27-25)29-12-8-18(9-13-29)24(30)28-19-4-7-21-22(16-19)32-15-14-31-21/h2-7,10-11,16,18H,8-9,12-15H2,1H3,(H,28,30). The highest BCUT2D eigenvalue weighted by molar-refractivity contribution is 7.99. The van der Waals surface area contributed by atoms with Crippen LogP contribution in [-0.4, -0.2) is 42.2 Å². The van der Waals surface area contributed by atoms with Crippen LogP contribution in [-0.2, 0) is 4.79 Å². The molecular weight excluding hydrogens is 436 g/mol. The molecule has 0 spiro atoms. The Morgan fingerprint density at radius 3 is 2.52 bits per heavy atom. The summed E-state index contributed by atoms with van der Waals surface area (Å²) in [5.74, 6) is 2.28. The summed E-state index contributed by atoms with van der Waals surface area (Å²) in [7, 11) is 0. The molecule has 0 aliphatic carbocycles. The number of hydrogen-bond donors (Lipinski definition) is 1. The molecule has 33 heavy (non-hydrogen) atoms. The van der Waals surface area contributed by atoms with Gasteiger partial charge in [0, 0.05) is 48.1 Å². The van der Waals surface area contributed by atoms with Crippen LogP contribution in [0.25, 0.3) is 0 Å². The molecule has 1 amide bonds. The number of ether oxygens (including phenoxy) is 2. The lowest BCUT2D eigenvalue weighted by Crippen LogP contribution is -2.38. The molecule has 0 saturated carbocycles. The zero-order chi connectivity index (χ0) is 22.6. The number of nitrogens with one attached hydrogen (secondary N) is 1. The molecule has 1 fully saturated rings. The smallest absolute Gasteiger partial charge is 0.227 e. The van der Waals surface area contributed by atoms with Gasteiger partial charge in [-0.1, -0.05) is 29.5 Å². The largest absolute Gasteiger partial charge is 0.486 e. The van der Waals surface area contributed by atoms with E-state index in [1.807, 2.05) is 18.2 Å². The molecule has 0 unspecified atom stereocenters. The van der Waals surface area contributed by atoms with Gasteiger partial charge in [-0.2, -0.15) is 0 Å². The second-order valence-electron chi connectivity index (χ2n) is 8.21. The zero-order valence-electron chi connectivity index (χ0n) is 18.5. The van der Waals surface area contributed by atoms with Crippen molar-refractivity contribution >= 4 is 29.2 Å². The molecule has 7 nitrogen and oxygen atoms in total. The van der Waals surface area contributed by atoms with Gasteiger partial charge in [0.05, 0.1) is 0 Å². The van der Waals surface area contributed by atoms with E-state index in [1.165, 1.54) is 5.56 Å². The van der Waals surface area contributed by atoms with Gasteiger partial charge in [0.1, 0.15) is 18.2 Å². The number of hydrogen-bond acceptors (Lipinski definition) is 7. The minimum Gasteiger partial charge on any atom is -0.486 e. The zero-order valence-corrected chi connectivity index (χ0v) is 19.3. The van der Waals surface area contributed by atoms with Gasteiger partial charge in [0.25, 0.3) is 0 Å². The molecule has 5 rings (SSSR count). The topological polar surface area (TPSA) is 76.6 Å². The number of carbonyl (C=O) groups excluding carboxylic acids is 1. The summed E-state index contributed by atoms with van der Waals surface area (Å²) in [6.07, 6.45) is 4.99. The van der Waals surface area contributed by atoms with E-state index in [4.69, 9.17) is 9.47 Å². The van der Waals surface area contributed by atoms with Gasteiger partial charge >= 0.3 is 0 Å². The maximum atomic E-state index is 12.9. The lowest BCUT2D eigenvalue weighted by atomic mass is 9.96. The summed E-state index contributed by atoms with van der Waals surface area (Å²) in [6.45, 7) is 4.68. The molecule has 0 bridgehead atoms. The molecule has 2 aliphatic heterocycles. The number of aryl methyl sites for hydroxylation is 1. The third-order valence-electron chi connectivity index (χ3n) is 5.86. The third-order valence-corrected chi connectivity index (χ3v) is 6.85. The van der Waals surface area contributed by atoms with Crippen molar-refractivity contribution in [2.45, 2.75) is 29.7 Å². The highest BCUT2D eigenvalue weighted by Crippen LogP contribution is 2.35. The number of amides is 1. The second kappa shape index (κ2) is 9.70. The number of anilines is 2. The van der Waals surface area contributed by atoms with Crippen LogP contribution >= 0.6 is 11.8 Å². The molecule has 2 aliphatic rings. The molecule has 170 valence electrons. The first-order valence-electron chi connectivity index (χ1n) is 11.2. The van der Waals surface area contributed by atoms with Gasteiger partial charge in [0.2, 0.25) is 5.91 Å². The van der Waals surface area contributed by atoms with Gasteiger partial charge in [-0.05, 0) is 44.0 Å². The SMILES string of the molecule is Cc1ccc(Sc2nccnc2N2CCC(C(=O)Nc3ccc4c(c3)OCCO4)CC2)cc1. The Labute approximate surface area is 197 Å². The minimum absolute atomic E-state index is 0.0414. The van der Waals surface area contributed by atoms with Crippen molar-refractivity contribution in [3.05, 3.63) is 60.4 Å². The van der Waals surface area contributed by atoms with Gasteiger partial charge in [-0.25, -0.2) is 9.97 Å². The fraction of sp³-hybridized carbons (Fsp3) is 0.320. The molecule has 3 aromatic rings. The summed E-state index contributed by atoms with van der Waals surface area (Å²) >= 11 is 1.62. The Hall–Kier alpha value is -3.26. The van der Waals surface area contributed by atoms with E-state index >= 15 is 0 Å². The number of aromatic nitrogens is 2. The lowest BCUT2D eigenvalue weighted by molar-refractivity contribution is -0.120. The number of fused-ring (bicyclic) bond motifs is 1. The van der Waals surface area contributed by atoms with Crippen molar-refractivity contribution in [1.82, 2.24) is 9.97 Å². The van der Waals surface area contributed by atoms with Crippen LogP contribution in [0.5, 0.6) is 11.5 Å². The molecule has 2 aromatic carbocycles. The summed E-state index contributed by atoms with van der Waals surface area (Å²) in [4.78, 5) is 25.4. The molecule has 1 N–H and O–H groups in total. The van der Waals surface area contributed by atoms with Crippen molar-refractivity contribution in [1.29, 1.82) is 0 Å². The van der Waals surface area contributed by atoms with E-state index in [-0.39, 0.29) is 11.8 Å². The van der Waals surface area contributed by atoms with E-state index in [0.717, 1.165) is 53.1 Å². The quantitative estimate of drug-likeness (QED) is 0.595. The van der Waals surface area contributed by atoms with Gasteiger partial charge in [-0.3, -0.25) is 4.79 Å². The van der Waals surface area contributed by atoms with Crippen molar-refractivity contribution in [3.63, 3.8) is 0 Å². The minimum atomic E-state index is -0.0423. The Balaban J connectivity index is 1.21. The van der Waals surface area contributed by atoms with E-state index in [9.17, 15) is 4.79 Å². The third kappa shape index (κ3) is 5.06. The molecule has 0 atom stereocenters. The molecule has 0 radical (unpaired) electrons. The Bertz CT molecular complexity index is 1130. The Morgan fingerprint density at radius 1 is 1.00 bits per heavy atom. The van der Waals surface area contributed by atoms with Crippen LogP contribution in [0.3, 0.4) is 0 Å². The first-order valence-corrected chi connectivity index (χ1v) is 12.0. The average Bonchev–Trinajstić information content (AvgIpc) is 2.86. The Morgan fingerprint density at radius 2 is 1.73 bits per heavy atom. The van der Waals surface area contributed by atoms with E-state index < -0.39 is 0 Å². The maximum absolute atomic E-state index is 12.9. The number of nitrogens with zero attached hydrogens (tertiary/aromatic N) is 3. The maximum Gasteiger partial charge on any atom is 0.227 e. The predicted molar refractivity (Wildman–Crippen MR) is 128 cm³/mol. The molecule has 1 aromatic heterocycles. The van der Waals surface area contributed by atoms with Crippen LogP contribution in [0.1, 0.15) is 18.4 Å². The predicted octanol–water partition coefficient (Wildman–Crippen LogP) is 4.56. The van der Waals surface area contributed by atoms with Crippen molar-refractivity contribution in [2.24, 2.45) is 5.92 Å². The van der Waals surface area contributed by atoms with E-state index in [2.05, 4.69) is 51.4 Å². The fourth-order valence-electron chi connectivity index (χ4n) is 4.04. The van der Waals surface area contributed by atoms with E-state index in [1.54, 1.807) is 24.2 Å². The lowest BCUT2D eigenvalue weighted by Gasteiger charge is -2.32. The first-order chi connectivity index (χ1) is 16.2. The monoisotopic (exact) mass is 462 g/mol. The van der Waals surface area contributed by atoms with Crippen molar-refractivity contribution in [2.75, 3.05) is 36.5 Å². The van der Waals surface area contributed by atoms with Crippen molar-refractivity contribution < 1.29 is 14.3 Å². The fourth-order valence-corrected chi connectivity index (χ4v) is 4.93. The number of rotatable bonds is 5. The Kier molecular flexibility index (Phi) is 6.35.